The number of aromatic hydroxyl groups is 1. The van der Waals surface area contributed by atoms with Gasteiger partial charge in [-0.25, -0.2) is 0 Å². The van der Waals surface area contributed by atoms with E-state index >= 15 is 0 Å². The molecular formula is C12H16O3. The number of rotatable bonds is 5. The van der Waals surface area contributed by atoms with Crippen LogP contribution in [0.15, 0.2) is 24.3 Å². The van der Waals surface area contributed by atoms with Crippen molar-refractivity contribution in [3.8, 4) is 5.75 Å². The lowest BCUT2D eigenvalue weighted by Gasteiger charge is -2.12. The quantitative estimate of drug-likeness (QED) is 0.782. The molecule has 0 saturated carbocycles. The maximum atomic E-state index is 10.3. The van der Waals surface area contributed by atoms with Gasteiger partial charge >= 0.3 is 5.97 Å². The summed E-state index contributed by atoms with van der Waals surface area (Å²) in [5.41, 5.74) is 0.892. The second-order valence-electron chi connectivity index (χ2n) is 3.75. The second-order valence-corrected chi connectivity index (χ2v) is 3.75. The van der Waals surface area contributed by atoms with Gasteiger partial charge in [-0.2, -0.15) is 0 Å². The van der Waals surface area contributed by atoms with E-state index in [-0.39, 0.29) is 12.3 Å². The van der Waals surface area contributed by atoms with Crippen molar-refractivity contribution in [2.75, 3.05) is 0 Å². The highest BCUT2D eigenvalue weighted by molar-refractivity contribution is 5.66. The molecule has 0 radical (unpaired) electrons. The van der Waals surface area contributed by atoms with Crippen LogP contribution in [0.5, 0.6) is 5.75 Å². The number of phenolic OH excluding ortho intramolecular Hbond substituents is 1. The van der Waals surface area contributed by atoms with Gasteiger partial charge in [-0.15, -0.1) is 0 Å². The molecule has 1 rings (SSSR count). The van der Waals surface area contributed by atoms with E-state index < -0.39 is 5.97 Å². The van der Waals surface area contributed by atoms with Crippen molar-refractivity contribution in [1.82, 2.24) is 0 Å². The topological polar surface area (TPSA) is 57.5 Å². The summed E-state index contributed by atoms with van der Waals surface area (Å²) in [6.45, 7) is 2.00. The third kappa shape index (κ3) is 3.62. The largest absolute Gasteiger partial charge is 0.508 e. The van der Waals surface area contributed by atoms with Crippen LogP contribution in [0.1, 0.15) is 37.7 Å². The minimum atomic E-state index is -0.764. The summed E-state index contributed by atoms with van der Waals surface area (Å²) >= 11 is 0. The van der Waals surface area contributed by atoms with Crippen LogP contribution in [0.4, 0.5) is 0 Å². The van der Waals surface area contributed by atoms with E-state index in [4.69, 9.17) is 5.11 Å². The SMILES string of the molecule is CC(CCCC(=O)O)c1ccccc1O. The predicted molar refractivity (Wildman–Crippen MR) is 58.0 cm³/mol. The molecule has 2 N–H and O–H groups in total. The van der Waals surface area contributed by atoms with E-state index in [9.17, 15) is 9.90 Å². The Morgan fingerprint density at radius 2 is 2.07 bits per heavy atom. The van der Waals surface area contributed by atoms with E-state index in [0.717, 1.165) is 12.0 Å². The number of carbonyl (C=O) groups is 1. The first-order chi connectivity index (χ1) is 7.11. The van der Waals surface area contributed by atoms with E-state index in [1.165, 1.54) is 0 Å². The predicted octanol–water partition coefficient (Wildman–Crippen LogP) is 2.75. The van der Waals surface area contributed by atoms with Gasteiger partial charge in [-0.05, 0) is 30.4 Å². The molecule has 0 aliphatic carbocycles. The summed E-state index contributed by atoms with van der Waals surface area (Å²) < 4.78 is 0. The van der Waals surface area contributed by atoms with Crippen molar-refractivity contribution in [3.63, 3.8) is 0 Å². The molecule has 0 aromatic heterocycles. The van der Waals surface area contributed by atoms with Gasteiger partial charge in [0.2, 0.25) is 0 Å². The number of carboxylic acids is 1. The maximum Gasteiger partial charge on any atom is 0.303 e. The zero-order valence-electron chi connectivity index (χ0n) is 8.81. The molecule has 1 aromatic rings. The maximum absolute atomic E-state index is 10.3. The van der Waals surface area contributed by atoms with E-state index in [2.05, 4.69) is 0 Å². The first-order valence-corrected chi connectivity index (χ1v) is 5.11. The van der Waals surface area contributed by atoms with Gasteiger partial charge < -0.3 is 10.2 Å². The zero-order valence-corrected chi connectivity index (χ0v) is 8.81. The van der Waals surface area contributed by atoms with Gasteiger partial charge in [-0.1, -0.05) is 25.1 Å². The molecule has 0 aliphatic heterocycles. The minimum Gasteiger partial charge on any atom is -0.508 e. The van der Waals surface area contributed by atoms with Crippen LogP contribution < -0.4 is 0 Å². The molecule has 3 nitrogen and oxygen atoms in total. The van der Waals surface area contributed by atoms with Crippen LogP contribution in [-0.2, 0) is 4.79 Å². The lowest BCUT2D eigenvalue weighted by Crippen LogP contribution is -1.98. The molecule has 0 spiro atoms. The molecule has 1 aromatic carbocycles. The third-order valence-corrected chi connectivity index (χ3v) is 2.50. The average Bonchev–Trinajstić information content (AvgIpc) is 2.17. The molecule has 0 aliphatic rings. The number of hydrogen-bond acceptors (Lipinski definition) is 2. The Bertz CT molecular complexity index is 333. The van der Waals surface area contributed by atoms with Crippen molar-refractivity contribution in [2.24, 2.45) is 0 Å². The molecule has 0 saturated heterocycles. The smallest absolute Gasteiger partial charge is 0.303 e. The van der Waals surface area contributed by atoms with Crippen molar-refractivity contribution in [3.05, 3.63) is 29.8 Å². The Balaban J connectivity index is 2.50. The molecule has 1 atom stereocenters. The Kier molecular flexibility index (Phi) is 4.16. The summed E-state index contributed by atoms with van der Waals surface area (Å²) in [5, 5.41) is 18.1. The van der Waals surface area contributed by atoms with Gasteiger partial charge in [0, 0.05) is 6.42 Å². The summed E-state index contributed by atoms with van der Waals surface area (Å²) in [7, 11) is 0. The average molecular weight is 208 g/mol. The summed E-state index contributed by atoms with van der Waals surface area (Å²) in [4.78, 5) is 10.3. The lowest BCUT2D eigenvalue weighted by molar-refractivity contribution is -0.137. The van der Waals surface area contributed by atoms with Crippen LogP contribution >= 0.6 is 0 Å². The number of benzene rings is 1. The minimum absolute atomic E-state index is 0.192. The van der Waals surface area contributed by atoms with Gasteiger partial charge in [0.1, 0.15) is 5.75 Å². The van der Waals surface area contributed by atoms with Gasteiger partial charge in [0.05, 0.1) is 0 Å². The van der Waals surface area contributed by atoms with Crippen LogP contribution in [0, 0.1) is 0 Å². The fourth-order valence-corrected chi connectivity index (χ4v) is 1.62. The molecule has 0 amide bonds. The number of carboxylic acid groups (broad SMARTS) is 1. The van der Waals surface area contributed by atoms with Crippen LogP contribution in [0.25, 0.3) is 0 Å². The first kappa shape index (κ1) is 11.6. The first-order valence-electron chi connectivity index (χ1n) is 5.11. The monoisotopic (exact) mass is 208 g/mol. The standard InChI is InChI=1S/C12H16O3/c1-9(5-4-8-12(14)15)10-6-2-3-7-11(10)13/h2-3,6-7,9,13H,4-5,8H2,1H3,(H,14,15). The zero-order chi connectivity index (χ0) is 11.3. The lowest BCUT2D eigenvalue weighted by atomic mass is 9.95. The van der Waals surface area contributed by atoms with E-state index in [1.807, 2.05) is 19.1 Å². The van der Waals surface area contributed by atoms with Gasteiger partial charge in [0.25, 0.3) is 0 Å². The summed E-state index contributed by atoms with van der Waals surface area (Å²) in [6.07, 6.45) is 1.62. The van der Waals surface area contributed by atoms with Gasteiger partial charge in [0.15, 0.2) is 0 Å². The van der Waals surface area contributed by atoms with Gasteiger partial charge in [-0.3, -0.25) is 4.79 Å². The normalized spacial score (nSPS) is 12.3. The molecule has 15 heavy (non-hydrogen) atoms. The van der Waals surface area contributed by atoms with Crippen molar-refractivity contribution in [2.45, 2.75) is 32.1 Å². The molecule has 3 heteroatoms. The van der Waals surface area contributed by atoms with E-state index in [1.54, 1.807) is 12.1 Å². The fraction of sp³-hybridized carbons (Fsp3) is 0.417. The molecule has 0 fully saturated rings. The summed E-state index contributed by atoms with van der Waals surface area (Å²) in [6, 6.07) is 7.19. The van der Waals surface area contributed by atoms with Crippen LogP contribution in [0.3, 0.4) is 0 Å². The highest BCUT2D eigenvalue weighted by atomic mass is 16.4. The molecule has 0 bridgehead atoms. The van der Waals surface area contributed by atoms with Crippen molar-refractivity contribution in [1.29, 1.82) is 0 Å². The fourth-order valence-electron chi connectivity index (χ4n) is 1.62. The molecule has 1 unspecified atom stereocenters. The van der Waals surface area contributed by atoms with E-state index in [0.29, 0.717) is 12.2 Å². The highest BCUT2D eigenvalue weighted by Gasteiger charge is 2.09. The Morgan fingerprint density at radius 1 is 1.40 bits per heavy atom. The van der Waals surface area contributed by atoms with Crippen molar-refractivity contribution < 1.29 is 15.0 Å². The number of aliphatic carboxylic acids is 1. The highest BCUT2D eigenvalue weighted by Crippen LogP contribution is 2.28. The molecule has 82 valence electrons. The number of phenols is 1. The molecule has 0 heterocycles. The number of hydrogen-bond donors (Lipinski definition) is 2. The number of para-hydroxylation sites is 1. The Labute approximate surface area is 89.4 Å². The summed E-state index contributed by atoms with van der Waals surface area (Å²) in [5.74, 6) is -0.273. The van der Waals surface area contributed by atoms with Crippen LogP contribution in [0.2, 0.25) is 0 Å². The Hall–Kier alpha value is -1.51. The van der Waals surface area contributed by atoms with Crippen LogP contribution in [-0.4, -0.2) is 16.2 Å². The molecular weight excluding hydrogens is 192 g/mol. The second kappa shape index (κ2) is 5.39. The third-order valence-electron chi connectivity index (χ3n) is 2.50. The Morgan fingerprint density at radius 3 is 2.67 bits per heavy atom. The van der Waals surface area contributed by atoms with Crippen molar-refractivity contribution >= 4 is 5.97 Å².